The second-order valence-electron chi connectivity index (χ2n) is 3.73. The number of nitrogens with zero attached hydrogens (tertiary/aromatic N) is 2. The number of aromatic nitrogens is 2. The maximum Gasteiger partial charge on any atom is 0.0927 e. The lowest BCUT2D eigenvalue weighted by atomic mass is 10.2. The van der Waals surface area contributed by atoms with E-state index in [-0.39, 0.29) is 0 Å². The van der Waals surface area contributed by atoms with Crippen molar-refractivity contribution in [2.24, 2.45) is 0 Å². The second-order valence-corrected chi connectivity index (χ2v) is 3.73. The van der Waals surface area contributed by atoms with Gasteiger partial charge in [-0.25, -0.2) is 4.68 Å². The van der Waals surface area contributed by atoms with Crippen molar-refractivity contribution in [3.8, 4) is 5.69 Å². The first kappa shape index (κ1) is 8.97. The maximum absolute atomic E-state index is 5.75. The van der Waals surface area contributed by atoms with Crippen LogP contribution in [0.25, 0.3) is 16.6 Å². The minimum atomic E-state index is 0.747. The van der Waals surface area contributed by atoms with Gasteiger partial charge in [-0.05, 0) is 24.3 Å². The molecule has 3 heteroatoms. The smallest absolute Gasteiger partial charge is 0.0927 e. The molecule has 0 aliphatic rings. The van der Waals surface area contributed by atoms with E-state index in [1.807, 2.05) is 59.4 Å². The first-order valence-corrected chi connectivity index (χ1v) is 5.13. The molecule has 0 amide bonds. The van der Waals surface area contributed by atoms with Gasteiger partial charge in [0.05, 0.1) is 11.2 Å². The zero-order valence-electron chi connectivity index (χ0n) is 8.67. The van der Waals surface area contributed by atoms with E-state index in [0.717, 1.165) is 22.3 Å². The highest BCUT2D eigenvalue weighted by molar-refractivity contribution is 5.78. The monoisotopic (exact) mass is 209 g/mol. The maximum atomic E-state index is 5.75. The van der Waals surface area contributed by atoms with Crippen LogP contribution in [0, 0.1) is 0 Å². The zero-order chi connectivity index (χ0) is 11.0. The predicted octanol–water partition coefficient (Wildman–Crippen LogP) is 2.61. The first-order chi connectivity index (χ1) is 7.83. The summed E-state index contributed by atoms with van der Waals surface area (Å²) in [5, 5.41) is 5.61. The Kier molecular flexibility index (Phi) is 1.90. The Morgan fingerprint density at radius 2 is 1.88 bits per heavy atom. The summed E-state index contributed by atoms with van der Waals surface area (Å²) >= 11 is 0. The van der Waals surface area contributed by atoms with Crippen molar-refractivity contribution in [3.05, 3.63) is 54.7 Å². The van der Waals surface area contributed by atoms with Crippen LogP contribution in [0.1, 0.15) is 0 Å². The standard InChI is InChI=1S/C13H11N3/c14-11-5-3-6-12(8-11)16-9-10-4-1-2-7-13(10)15-16/h1-9H,14H2. The molecule has 0 saturated carbocycles. The fraction of sp³-hybridized carbons (Fsp3) is 0. The van der Waals surface area contributed by atoms with Crippen LogP contribution in [0.2, 0.25) is 0 Å². The molecule has 0 aliphatic heterocycles. The van der Waals surface area contributed by atoms with Gasteiger partial charge in [0.1, 0.15) is 0 Å². The molecule has 0 saturated heterocycles. The van der Waals surface area contributed by atoms with E-state index in [4.69, 9.17) is 5.73 Å². The predicted molar refractivity (Wildman–Crippen MR) is 65.5 cm³/mol. The van der Waals surface area contributed by atoms with Crippen LogP contribution in [-0.2, 0) is 0 Å². The molecule has 0 unspecified atom stereocenters. The molecule has 16 heavy (non-hydrogen) atoms. The van der Waals surface area contributed by atoms with Crippen molar-refractivity contribution >= 4 is 16.6 Å². The molecule has 0 spiro atoms. The number of fused-ring (bicyclic) bond motifs is 1. The van der Waals surface area contributed by atoms with Crippen molar-refractivity contribution in [1.82, 2.24) is 9.78 Å². The van der Waals surface area contributed by atoms with Crippen LogP contribution in [0.15, 0.2) is 54.7 Å². The Morgan fingerprint density at radius 1 is 1.00 bits per heavy atom. The first-order valence-electron chi connectivity index (χ1n) is 5.13. The Labute approximate surface area is 93.1 Å². The number of nitrogens with two attached hydrogens (primary N) is 1. The van der Waals surface area contributed by atoms with Gasteiger partial charge in [0, 0.05) is 17.3 Å². The third-order valence-corrected chi connectivity index (χ3v) is 2.55. The summed E-state index contributed by atoms with van der Waals surface area (Å²) < 4.78 is 1.85. The molecule has 0 aliphatic carbocycles. The molecule has 3 nitrogen and oxygen atoms in total. The normalized spacial score (nSPS) is 10.8. The molecule has 3 rings (SSSR count). The van der Waals surface area contributed by atoms with Gasteiger partial charge in [-0.15, -0.1) is 0 Å². The van der Waals surface area contributed by atoms with Crippen LogP contribution >= 0.6 is 0 Å². The lowest BCUT2D eigenvalue weighted by Crippen LogP contribution is -1.95. The summed E-state index contributed by atoms with van der Waals surface area (Å²) in [6.07, 6.45) is 2.00. The molecule has 3 aromatic rings. The third kappa shape index (κ3) is 1.42. The molecule has 1 heterocycles. The van der Waals surface area contributed by atoms with Gasteiger partial charge < -0.3 is 5.73 Å². The van der Waals surface area contributed by atoms with Gasteiger partial charge >= 0.3 is 0 Å². The molecule has 2 aromatic carbocycles. The van der Waals surface area contributed by atoms with Crippen molar-refractivity contribution in [1.29, 1.82) is 0 Å². The van der Waals surface area contributed by atoms with Crippen molar-refractivity contribution in [3.63, 3.8) is 0 Å². The highest BCUT2D eigenvalue weighted by Gasteiger charge is 2.01. The van der Waals surface area contributed by atoms with Gasteiger partial charge in [-0.1, -0.05) is 24.3 Å². The molecular formula is C13H11N3. The second kappa shape index (κ2) is 3.38. The largest absolute Gasteiger partial charge is 0.399 e. The van der Waals surface area contributed by atoms with Gasteiger partial charge in [0.2, 0.25) is 0 Å². The summed E-state index contributed by atoms with van der Waals surface area (Å²) in [5.41, 5.74) is 8.47. The quantitative estimate of drug-likeness (QED) is 0.626. The fourth-order valence-corrected chi connectivity index (χ4v) is 1.76. The summed E-state index contributed by atoms with van der Waals surface area (Å²) in [5.74, 6) is 0. The van der Waals surface area contributed by atoms with Gasteiger partial charge in [-0.3, -0.25) is 0 Å². The van der Waals surface area contributed by atoms with E-state index in [2.05, 4.69) is 5.10 Å². The van der Waals surface area contributed by atoms with E-state index in [1.165, 1.54) is 0 Å². The van der Waals surface area contributed by atoms with Crippen molar-refractivity contribution in [2.75, 3.05) is 5.73 Å². The summed E-state index contributed by atoms with van der Waals surface area (Å²) in [4.78, 5) is 0. The summed E-state index contributed by atoms with van der Waals surface area (Å²) in [6.45, 7) is 0. The highest BCUT2D eigenvalue weighted by atomic mass is 15.3. The third-order valence-electron chi connectivity index (χ3n) is 2.55. The van der Waals surface area contributed by atoms with Crippen molar-refractivity contribution < 1.29 is 0 Å². The molecule has 2 N–H and O–H groups in total. The average molecular weight is 209 g/mol. The number of nitrogen functional groups attached to an aromatic ring is 1. The minimum Gasteiger partial charge on any atom is -0.399 e. The van der Waals surface area contributed by atoms with Crippen LogP contribution in [0.3, 0.4) is 0 Å². The van der Waals surface area contributed by atoms with E-state index >= 15 is 0 Å². The fourth-order valence-electron chi connectivity index (χ4n) is 1.76. The molecule has 0 fully saturated rings. The SMILES string of the molecule is Nc1cccc(-n2cc3ccccc3n2)c1. The van der Waals surface area contributed by atoms with Crippen LogP contribution < -0.4 is 5.73 Å². The van der Waals surface area contributed by atoms with E-state index < -0.39 is 0 Å². The number of anilines is 1. The zero-order valence-corrected chi connectivity index (χ0v) is 8.67. The number of rotatable bonds is 1. The van der Waals surface area contributed by atoms with Gasteiger partial charge in [-0.2, -0.15) is 5.10 Å². The number of hydrogen-bond donors (Lipinski definition) is 1. The van der Waals surface area contributed by atoms with E-state index in [9.17, 15) is 0 Å². The van der Waals surface area contributed by atoms with Crippen LogP contribution in [-0.4, -0.2) is 9.78 Å². The molecule has 0 bridgehead atoms. The van der Waals surface area contributed by atoms with E-state index in [0.29, 0.717) is 0 Å². The van der Waals surface area contributed by atoms with Crippen molar-refractivity contribution in [2.45, 2.75) is 0 Å². The molecule has 0 atom stereocenters. The Morgan fingerprint density at radius 3 is 2.69 bits per heavy atom. The van der Waals surface area contributed by atoms with Gasteiger partial charge in [0.25, 0.3) is 0 Å². The molecule has 1 aromatic heterocycles. The number of benzene rings is 2. The van der Waals surface area contributed by atoms with Gasteiger partial charge in [0.15, 0.2) is 0 Å². The van der Waals surface area contributed by atoms with Crippen LogP contribution in [0.4, 0.5) is 5.69 Å². The Bertz CT molecular complexity index is 607. The Hall–Kier alpha value is -2.29. The Balaban J connectivity index is 2.19. The topological polar surface area (TPSA) is 43.8 Å². The minimum absolute atomic E-state index is 0.747. The van der Waals surface area contributed by atoms with E-state index in [1.54, 1.807) is 0 Å². The molecule has 78 valence electrons. The molecular weight excluding hydrogens is 198 g/mol. The lowest BCUT2D eigenvalue weighted by Gasteiger charge is -2.01. The highest BCUT2D eigenvalue weighted by Crippen LogP contribution is 2.16. The summed E-state index contributed by atoms with van der Waals surface area (Å²) in [6, 6.07) is 15.7. The molecule has 0 radical (unpaired) electrons. The number of hydrogen-bond acceptors (Lipinski definition) is 2. The lowest BCUT2D eigenvalue weighted by molar-refractivity contribution is 0.897. The summed E-state index contributed by atoms with van der Waals surface area (Å²) in [7, 11) is 0. The van der Waals surface area contributed by atoms with Crippen LogP contribution in [0.5, 0.6) is 0 Å². The average Bonchev–Trinajstić information content (AvgIpc) is 2.72.